The molecule has 1 nitrogen and oxygen atoms in total. The Hall–Kier alpha value is -0.240. The highest BCUT2D eigenvalue weighted by molar-refractivity contribution is 6.35. The van der Waals surface area contributed by atoms with Gasteiger partial charge in [0.25, 0.3) is 0 Å². The van der Waals surface area contributed by atoms with E-state index in [4.69, 9.17) is 23.2 Å². The van der Waals surface area contributed by atoms with Gasteiger partial charge in [-0.1, -0.05) is 42.1 Å². The van der Waals surface area contributed by atoms with Gasteiger partial charge in [0.2, 0.25) is 0 Å². The van der Waals surface area contributed by atoms with Gasteiger partial charge in [0.05, 0.1) is 0 Å². The van der Waals surface area contributed by atoms with Crippen LogP contribution in [0.2, 0.25) is 10.0 Å². The summed E-state index contributed by atoms with van der Waals surface area (Å²) in [6, 6.07) is 6.45. The Morgan fingerprint density at radius 1 is 1.18 bits per heavy atom. The molecule has 94 valence electrons. The number of nitrogens with one attached hydrogen (secondary N) is 1. The Morgan fingerprint density at radius 3 is 2.88 bits per heavy atom. The maximum atomic E-state index is 6.17. The van der Waals surface area contributed by atoms with Gasteiger partial charge in [-0.15, -0.1) is 0 Å². The summed E-state index contributed by atoms with van der Waals surface area (Å²) in [7, 11) is 0. The van der Waals surface area contributed by atoms with E-state index in [1.807, 2.05) is 18.2 Å². The van der Waals surface area contributed by atoms with E-state index in [1.165, 1.54) is 44.2 Å². The molecule has 1 fully saturated rings. The van der Waals surface area contributed by atoms with Crippen LogP contribution in [0, 0.1) is 0 Å². The maximum Gasteiger partial charge on any atom is 0.0452 e. The maximum absolute atomic E-state index is 6.17. The lowest BCUT2D eigenvalue weighted by molar-refractivity contribution is 0.478. The molecular formula is C14H19Cl2N. The van der Waals surface area contributed by atoms with Gasteiger partial charge in [-0.05, 0) is 49.9 Å². The molecule has 0 aromatic heterocycles. The van der Waals surface area contributed by atoms with Gasteiger partial charge in [0, 0.05) is 16.1 Å². The molecule has 17 heavy (non-hydrogen) atoms. The van der Waals surface area contributed by atoms with Crippen LogP contribution in [0.3, 0.4) is 0 Å². The van der Waals surface area contributed by atoms with Crippen molar-refractivity contribution in [3.05, 3.63) is 33.8 Å². The van der Waals surface area contributed by atoms with E-state index in [0.29, 0.717) is 11.1 Å². The third-order valence-corrected chi connectivity index (χ3v) is 4.03. The van der Waals surface area contributed by atoms with Crippen molar-refractivity contribution in [1.29, 1.82) is 0 Å². The van der Waals surface area contributed by atoms with Crippen LogP contribution < -0.4 is 5.32 Å². The summed E-state index contributed by atoms with van der Waals surface area (Å²) in [4.78, 5) is 0. The van der Waals surface area contributed by atoms with Crippen LogP contribution in [0.25, 0.3) is 0 Å². The molecule has 2 rings (SSSR count). The first-order chi connectivity index (χ1) is 8.25. The van der Waals surface area contributed by atoms with E-state index in [-0.39, 0.29) is 0 Å². The number of benzene rings is 1. The van der Waals surface area contributed by atoms with Gasteiger partial charge in [-0.2, -0.15) is 0 Å². The molecule has 1 aromatic rings. The van der Waals surface area contributed by atoms with Gasteiger partial charge < -0.3 is 5.32 Å². The van der Waals surface area contributed by atoms with E-state index >= 15 is 0 Å². The normalized spacial score (nSPS) is 21.2. The zero-order valence-corrected chi connectivity index (χ0v) is 11.5. The summed E-state index contributed by atoms with van der Waals surface area (Å²) >= 11 is 12.1. The van der Waals surface area contributed by atoms with E-state index in [1.54, 1.807) is 0 Å². The lowest BCUT2D eigenvalue weighted by Crippen LogP contribution is -2.28. The van der Waals surface area contributed by atoms with Crippen molar-refractivity contribution in [3.8, 4) is 0 Å². The van der Waals surface area contributed by atoms with E-state index < -0.39 is 0 Å². The van der Waals surface area contributed by atoms with Crippen LogP contribution in [0.5, 0.6) is 0 Å². The Morgan fingerprint density at radius 2 is 2.06 bits per heavy atom. The number of hydrogen-bond acceptors (Lipinski definition) is 1. The number of aryl methyl sites for hydroxylation is 1. The zero-order valence-electron chi connectivity index (χ0n) is 10.0. The van der Waals surface area contributed by atoms with Crippen molar-refractivity contribution in [2.45, 2.75) is 44.6 Å². The van der Waals surface area contributed by atoms with Gasteiger partial charge >= 0.3 is 0 Å². The third kappa shape index (κ3) is 4.17. The second kappa shape index (κ2) is 6.63. The fourth-order valence-electron chi connectivity index (χ4n) is 2.40. The smallest absolute Gasteiger partial charge is 0.0452 e. The summed E-state index contributed by atoms with van der Waals surface area (Å²) in [5.41, 5.74) is 1.21. The molecule has 1 heterocycles. The second-order valence-corrected chi connectivity index (χ2v) is 5.62. The minimum Gasteiger partial charge on any atom is -0.314 e. The first-order valence-corrected chi connectivity index (χ1v) is 7.18. The molecular weight excluding hydrogens is 253 g/mol. The molecule has 3 heteroatoms. The zero-order chi connectivity index (χ0) is 12.1. The Balaban J connectivity index is 1.88. The summed E-state index contributed by atoms with van der Waals surface area (Å²) in [5, 5.41) is 5.13. The summed E-state index contributed by atoms with van der Waals surface area (Å²) in [5.74, 6) is 0. The molecule has 1 aliphatic rings. The highest BCUT2D eigenvalue weighted by Gasteiger charge is 2.12. The van der Waals surface area contributed by atoms with Crippen molar-refractivity contribution in [2.75, 3.05) is 6.54 Å². The van der Waals surface area contributed by atoms with Gasteiger partial charge in [-0.3, -0.25) is 0 Å². The lowest BCUT2D eigenvalue weighted by atomic mass is 10.0. The topological polar surface area (TPSA) is 12.0 Å². The Labute approximate surface area is 114 Å². The van der Waals surface area contributed by atoms with Crippen LogP contribution in [0.15, 0.2) is 18.2 Å². The van der Waals surface area contributed by atoms with Crippen molar-refractivity contribution in [1.82, 2.24) is 5.32 Å². The van der Waals surface area contributed by atoms with Crippen LogP contribution in [-0.2, 0) is 6.42 Å². The van der Waals surface area contributed by atoms with Crippen LogP contribution >= 0.6 is 23.2 Å². The fourth-order valence-corrected chi connectivity index (χ4v) is 2.90. The molecule has 0 aliphatic carbocycles. The third-order valence-electron chi connectivity index (χ3n) is 3.44. The van der Waals surface area contributed by atoms with E-state index in [2.05, 4.69) is 5.32 Å². The first-order valence-electron chi connectivity index (χ1n) is 6.43. The fraction of sp³-hybridized carbons (Fsp3) is 0.571. The second-order valence-electron chi connectivity index (χ2n) is 4.77. The number of rotatable bonds is 3. The van der Waals surface area contributed by atoms with Gasteiger partial charge in [-0.25, -0.2) is 0 Å². The molecule has 1 unspecified atom stereocenters. The van der Waals surface area contributed by atoms with E-state index in [0.717, 1.165) is 11.4 Å². The van der Waals surface area contributed by atoms with Crippen molar-refractivity contribution in [2.24, 2.45) is 0 Å². The monoisotopic (exact) mass is 271 g/mol. The molecule has 1 saturated heterocycles. The van der Waals surface area contributed by atoms with Crippen LogP contribution in [-0.4, -0.2) is 12.6 Å². The minimum absolute atomic E-state index is 0.657. The van der Waals surface area contributed by atoms with Crippen LogP contribution in [0.1, 0.15) is 37.7 Å². The molecule has 1 aliphatic heterocycles. The molecule has 0 radical (unpaired) electrons. The average molecular weight is 272 g/mol. The number of hydrogen-bond donors (Lipinski definition) is 1. The minimum atomic E-state index is 0.657. The molecule has 0 bridgehead atoms. The molecule has 0 amide bonds. The standard InChI is InChI=1S/C14H19Cl2N/c15-12-7-5-11(14(16)10-12)6-8-13-4-2-1-3-9-17-13/h5,7,10,13,17H,1-4,6,8-9H2. The predicted octanol–water partition coefficient (Wildman–Crippen LogP) is 4.46. The lowest BCUT2D eigenvalue weighted by Gasteiger charge is -2.15. The highest BCUT2D eigenvalue weighted by Crippen LogP contribution is 2.23. The molecule has 1 atom stereocenters. The van der Waals surface area contributed by atoms with Gasteiger partial charge in [0.15, 0.2) is 0 Å². The number of halogens is 2. The molecule has 0 spiro atoms. The predicted molar refractivity (Wildman–Crippen MR) is 75.0 cm³/mol. The summed E-state index contributed by atoms with van der Waals surface area (Å²) in [6.07, 6.45) is 7.54. The van der Waals surface area contributed by atoms with Crippen molar-refractivity contribution >= 4 is 23.2 Å². The quantitative estimate of drug-likeness (QED) is 0.856. The van der Waals surface area contributed by atoms with Crippen molar-refractivity contribution in [3.63, 3.8) is 0 Å². The first kappa shape index (κ1) is 13.2. The largest absolute Gasteiger partial charge is 0.314 e. The Bertz CT molecular complexity index is 357. The van der Waals surface area contributed by atoms with Gasteiger partial charge in [0.1, 0.15) is 0 Å². The molecule has 0 saturated carbocycles. The van der Waals surface area contributed by atoms with Crippen molar-refractivity contribution < 1.29 is 0 Å². The summed E-state index contributed by atoms with van der Waals surface area (Å²) < 4.78 is 0. The summed E-state index contributed by atoms with van der Waals surface area (Å²) in [6.45, 7) is 1.17. The molecule has 1 N–H and O–H groups in total. The van der Waals surface area contributed by atoms with E-state index in [9.17, 15) is 0 Å². The molecule has 1 aromatic carbocycles. The average Bonchev–Trinajstić information content (AvgIpc) is 2.56. The van der Waals surface area contributed by atoms with Crippen LogP contribution in [0.4, 0.5) is 0 Å². The SMILES string of the molecule is Clc1ccc(CCC2CCCCCN2)c(Cl)c1. The highest BCUT2D eigenvalue weighted by atomic mass is 35.5. The Kier molecular flexibility index (Phi) is 5.15.